The Balaban J connectivity index is 2.19. The third-order valence-corrected chi connectivity index (χ3v) is 1.84. The van der Waals surface area contributed by atoms with E-state index in [9.17, 15) is 5.11 Å². The van der Waals surface area contributed by atoms with E-state index in [1.807, 2.05) is 36.4 Å². The lowest BCUT2D eigenvalue weighted by atomic mass is 10.2. The first-order chi connectivity index (χ1) is 6.84. The first-order valence-electron chi connectivity index (χ1n) is 4.40. The maximum atomic E-state index is 9.23. The van der Waals surface area contributed by atoms with Crippen LogP contribution in [-0.2, 0) is 0 Å². The van der Waals surface area contributed by atoms with Gasteiger partial charge in [0.05, 0.1) is 11.4 Å². The molecule has 0 saturated heterocycles. The molecule has 2 rings (SSSR count). The molecule has 0 bridgehead atoms. The monoisotopic (exact) mass is 184 g/mol. The van der Waals surface area contributed by atoms with Crippen molar-refractivity contribution in [3.05, 3.63) is 54.6 Å². The second-order valence-electron chi connectivity index (χ2n) is 2.97. The topological polar surface area (TPSA) is 34.3 Å². The molecule has 2 aromatic rings. The van der Waals surface area contributed by atoms with Gasteiger partial charge in [0.2, 0.25) is 0 Å². The van der Waals surface area contributed by atoms with Crippen molar-refractivity contribution in [3.63, 3.8) is 0 Å². The molecule has 1 radical (unpaired) electrons. The fraction of sp³-hybridized carbons (Fsp3) is 0. The molecule has 0 atom stereocenters. The Kier molecular flexibility index (Phi) is 2.36. The second kappa shape index (κ2) is 3.83. The molecule has 2 nitrogen and oxygen atoms in total. The largest absolute Gasteiger partial charge is 0.508 e. The summed E-state index contributed by atoms with van der Waals surface area (Å²) in [5.74, 6) is 0.238. The minimum atomic E-state index is 0.238. The average molecular weight is 184 g/mol. The van der Waals surface area contributed by atoms with E-state index in [-0.39, 0.29) is 5.75 Å². The van der Waals surface area contributed by atoms with Crippen molar-refractivity contribution in [3.8, 4) is 5.75 Å². The fourth-order valence-electron chi connectivity index (χ4n) is 1.21. The first-order valence-corrected chi connectivity index (χ1v) is 4.40. The molecule has 2 heteroatoms. The lowest BCUT2D eigenvalue weighted by Gasteiger charge is -2.02. The zero-order chi connectivity index (χ0) is 9.80. The smallest absolute Gasteiger partial charge is 0.117 e. The molecule has 0 aliphatic rings. The van der Waals surface area contributed by atoms with Gasteiger partial charge in [-0.15, -0.1) is 0 Å². The summed E-state index contributed by atoms with van der Waals surface area (Å²) in [6, 6.07) is 16.5. The number of para-hydroxylation sites is 1. The van der Waals surface area contributed by atoms with Crippen LogP contribution in [0.5, 0.6) is 5.75 Å². The Labute approximate surface area is 82.8 Å². The van der Waals surface area contributed by atoms with E-state index in [1.54, 1.807) is 18.2 Å². The molecule has 0 amide bonds. The molecule has 2 aromatic carbocycles. The van der Waals surface area contributed by atoms with E-state index >= 15 is 0 Å². The third kappa shape index (κ3) is 2.04. The average Bonchev–Trinajstić information content (AvgIpc) is 2.19. The van der Waals surface area contributed by atoms with Gasteiger partial charge in [0.1, 0.15) is 5.75 Å². The van der Waals surface area contributed by atoms with Crippen LogP contribution in [0.15, 0.2) is 54.6 Å². The highest BCUT2D eigenvalue weighted by Gasteiger charge is 1.96. The number of nitrogens with zero attached hydrogens (tertiary/aromatic N) is 1. The van der Waals surface area contributed by atoms with Crippen molar-refractivity contribution in [1.29, 1.82) is 0 Å². The molecule has 0 fully saturated rings. The minimum Gasteiger partial charge on any atom is -0.508 e. The number of hydrogen-bond donors (Lipinski definition) is 1. The molecule has 1 N–H and O–H groups in total. The van der Waals surface area contributed by atoms with Gasteiger partial charge < -0.3 is 5.11 Å². The Morgan fingerprint density at radius 2 is 1.50 bits per heavy atom. The van der Waals surface area contributed by atoms with Gasteiger partial charge in [-0.25, -0.2) is 5.32 Å². The van der Waals surface area contributed by atoms with E-state index in [2.05, 4.69) is 5.32 Å². The summed E-state index contributed by atoms with van der Waals surface area (Å²) in [6.45, 7) is 0. The van der Waals surface area contributed by atoms with Crippen LogP contribution in [0.25, 0.3) is 0 Å². The molecule has 0 aromatic heterocycles. The zero-order valence-corrected chi connectivity index (χ0v) is 7.59. The summed E-state index contributed by atoms with van der Waals surface area (Å²) in [5, 5.41) is 13.6. The van der Waals surface area contributed by atoms with Gasteiger partial charge in [-0.1, -0.05) is 24.3 Å². The Morgan fingerprint density at radius 1 is 0.786 bits per heavy atom. The molecule has 0 aliphatic heterocycles. The van der Waals surface area contributed by atoms with Crippen LogP contribution >= 0.6 is 0 Å². The standard InChI is InChI=1S/C12H10NO/c14-12-8-4-7-11(9-12)13-10-5-2-1-3-6-10/h1-9,14H. The van der Waals surface area contributed by atoms with Crippen molar-refractivity contribution in [2.75, 3.05) is 0 Å². The summed E-state index contributed by atoms with van der Waals surface area (Å²) in [7, 11) is 0. The summed E-state index contributed by atoms with van der Waals surface area (Å²) in [4.78, 5) is 0. The molecule has 0 heterocycles. The summed E-state index contributed by atoms with van der Waals surface area (Å²) < 4.78 is 0. The van der Waals surface area contributed by atoms with Crippen LogP contribution in [0, 0.1) is 0 Å². The van der Waals surface area contributed by atoms with Crippen molar-refractivity contribution < 1.29 is 5.11 Å². The van der Waals surface area contributed by atoms with Gasteiger partial charge in [-0.3, -0.25) is 0 Å². The van der Waals surface area contributed by atoms with Gasteiger partial charge >= 0.3 is 0 Å². The van der Waals surface area contributed by atoms with Gasteiger partial charge in [-0.05, 0) is 24.3 Å². The number of rotatable bonds is 2. The minimum absolute atomic E-state index is 0.238. The van der Waals surface area contributed by atoms with Crippen LogP contribution in [0.1, 0.15) is 0 Å². The Bertz CT molecular complexity index is 412. The number of hydrogen-bond acceptors (Lipinski definition) is 1. The van der Waals surface area contributed by atoms with Crippen molar-refractivity contribution >= 4 is 11.4 Å². The third-order valence-electron chi connectivity index (χ3n) is 1.84. The van der Waals surface area contributed by atoms with Crippen molar-refractivity contribution in [2.24, 2.45) is 0 Å². The van der Waals surface area contributed by atoms with Gasteiger partial charge in [0, 0.05) is 6.07 Å². The van der Waals surface area contributed by atoms with Crippen LogP contribution < -0.4 is 5.32 Å². The van der Waals surface area contributed by atoms with E-state index in [4.69, 9.17) is 0 Å². The van der Waals surface area contributed by atoms with Crippen molar-refractivity contribution in [2.45, 2.75) is 0 Å². The number of aromatic hydroxyl groups is 1. The highest BCUT2D eigenvalue weighted by Crippen LogP contribution is 2.20. The van der Waals surface area contributed by atoms with E-state index < -0.39 is 0 Å². The summed E-state index contributed by atoms with van der Waals surface area (Å²) >= 11 is 0. The van der Waals surface area contributed by atoms with Crippen molar-refractivity contribution in [1.82, 2.24) is 5.32 Å². The van der Waals surface area contributed by atoms with Gasteiger partial charge in [0.25, 0.3) is 0 Å². The predicted octanol–water partition coefficient (Wildman–Crippen LogP) is 2.96. The van der Waals surface area contributed by atoms with Gasteiger partial charge in [0.15, 0.2) is 0 Å². The molecule has 69 valence electrons. The van der Waals surface area contributed by atoms with Crippen LogP contribution in [-0.4, -0.2) is 5.11 Å². The Morgan fingerprint density at radius 3 is 2.21 bits per heavy atom. The van der Waals surface area contributed by atoms with Crippen LogP contribution in [0.2, 0.25) is 0 Å². The fourth-order valence-corrected chi connectivity index (χ4v) is 1.21. The molecular formula is C12H10NO. The first kappa shape index (κ1) is 8.63. The Hall–Kier alpha value is -1.96. The normalized spacial score (nSPS) is 9.71. The molecule has 14 heavy (non-hydrogen) atoms. The molecule has 0 unspecified atom stereocenters. The quantitative estimate of drug-likeness (QED) is 0.765. The highest BCUT2D eigenvalue weighted by atomic mass is 16.3. The highest BCUT2D eigenvalue weighted by molar-refractivity contribution is 5.50. The second-order valence-corrected chi connectivity index (χ2v) is 2.97. The summed E-state index contributed by atoms with van der Waals surface area (Å²) in [6.07, 6.45) is 0. The maximum Gasteiger partial charge on any atom is 0.117 e. The van der Waals surface area contributed by atoms with E-state index in [1.165, 1.54) is 0 Å². The molecular weight excluding hydrogens is 174 g/mol. The van der Waals surface area contributed by atoms with Gasteiger partial charge in [-0.2, -0.15) is 0 Å². The van der Waals surface area contributed by atoms with E-state index in [0.29, 0.717) is 0 Å². The molecule has 0 saturated carbocycles. The zero-order valence-electron chi connectivity index (χ0n) is 7.59. The molecule has 0 spiro atoms. The number of phenols is 1. The summed E-state index contributed by atoms with van der Waals surface area (Å²) in [5.41, 5.74) is 1.65. The van der Waals surface area contributed by atoms with Crippen LogP contribution in [0.3, 0.4) is 0 Å². The maximum absolute atomic E-state index is 9.23. The van der Waals surface area contributed by atoms with Crippen LogP contribution in [0.4, 0.5) is 11.4 Å². The lowest BCUT2D eigenvalue weighted by molar-refractivity contribution is 0.475. The lowest BCUT2D eigenvalue weighted by Crippen LogP contribution is -1.86. The van der Waals surface area contributed by atoms with E-state index in [0.717, 1.165) is 11.4 Å². The SMILES string of the molecule is Oc1cccc([N]c2ccccc2)c1. The molecule has 0 aliphatic carbocycles. The number of benzene rings is 2. The predicted molar refractivity (Wildman–Crippen MR) is 56.0 cm³/mol. The number of phenolic OH excluding ortho intramolecular Hbond substituents is 1.